The van der Waals surface area contributed by atoms with E-state index in [0.29, 0.717) is 5.56 Å². The molecule has 0 radical (unpaired) electrons. The van der Waals surface area contributed by atoms with Crippen molar-refractivity contribution in [1.29, 1.82) is 5.26 Å². The molecule has 2 aromatic rings. The third kappa shape index (κ3) is 3.09. The standard InChI is InChI=1S/C13H11N3O2S/c1-19(17,18)13(8-14)7-11-9-15-16(10-11)12-5-3-2-4-6-12/h2-7,9-10H,1H3. The molecule has 0 amide bonds. The Labute approximate surface area is 111 Å². The van der Waals surface area contributed by atoms with Gasteiger partial charge in [0.05, 0.1) is 11.9 Å². The van der Waals surface area contributed by atoms with Crippen LogP contribution in [0.25, 0.3) is 11.8 Å². The smallest absolute Gasteiger partial charge is 0.185 e. The van der Waals surface area contributed by atoms with Gasteiger partial charge in [0, 0.05) is 18.0 Å². The molecule has 5 nitrogen and oxygen atoms in total. The number of para-hydroxylation sites is 1. The van der Waals surface area contributed by atoms with Gasteiger partial charge < -0.3 is 0 Å². The molecule has 2 rings (SSSR count). The first-order valence-electron chi connectivity index (χ1n) is 5.42. The van der Waals surface area contributed by atoms with Crippen LogP contribution in [0.1, 0.15) is 5.56 Å². The Balaban J connectivity index is 2.38. The number of aromatic nitrogens is 2. The monoisotopic (exact) mass is 273 g/mol. The Morgan fingerprint density at radius 3 is 2.63 bits per heavy atom. The van der Waals surface area contributed by atoms with Crippen molar-refractivity contribution >= 4 is 15.9 Å². The van der Waals surface area contributed by atoms with E-state index >= 15 is 0 Å². The van der Waals surface area contributed by atoms with Crippen LogP contribution < -0.4 is 0 Å². The maximum absolute atomic E-state index is 11.3. The van der Waals surface area contributed by atoms with E-state index in [1.165, 1.54) is 12.3 Å². The zero-order valence-corrected chi connectivity index (χ0v) is 11.0. The van der Waals surface area contributed by atoms with Crippen LogP contribution in [0.5, 0.6) is 0 Å². The summed E-state index contributed by atoms with van der Waals surface area (Å²) in [6.07, 6.45) is 5.48. The van der Waals surface area contributed by atoms with Gasteiger partial charge in [0.15, 0.2) is 9.84 Å². The summed E-state index contributed by atoms with van der Waals surface area (Å²) in [7, 11) is -3.51. The molecule has 0 bridgehead atoms. The maximum atomic E-state index is 11.3. The van der Waals surface area contributed by atoms with E-state index in [9.17, 15) is 8.42 Å². The predicted molar refractivity (Wildman–Crippen MR) is 72.0 cm³/mol. The van der Waals surface area contributed by atoms with Crippen molar-refractivity contribution in [3.63, 3.8) is 0 Å². The number of rotatable bonds is 3. The highest BCUT2D eigenvalue weighted by atomic mass is 32.2. The normalized spacial score (nSPS) is 12.1. The molecule has 0 atom stereocenters. The van der Waals surface area contributed by atoms with Crippen molar-refractivity contribution in [2.24, 2.45) is 0 Å². The van der Waals surface area contributed by atoms with E-state index in [-0.39, 0.29) is 4.91 Å². The first kappa shape index (κ1) is 13.1. The minimum atomic E-state index is -3.51. The fourth-order valence-electron chi connectivity index (χ4n) is 1.51. The number of nitrogens with zero attached hydrogens (tertiary/aromatic N) is 3. The van der Waals surface area contributed by atoms with E-state index in [0.717, 1.165) is 11.9 Å². The van der Waals surface area contributed by atoms with E-state index in [4.69, 9.17) is 5.26 Å². The molecule has 0 saturated carbocycles. The Kier molecular flexibility index (Phi) is 3.49. The molecule has 19 heavy (non-hydrogen) atoms. The van der Waals surface area contributed by atoms with Crippen LogP contribution in [-0.4, -0.2) is 24.5 Å². The van der Waals surface area contributed by atoms with Crippen molar-refractivity contribution in [1.82, 2.24) is 9.78 Å². The third-order valence-electron chi connectivity index (χ3n) is 2.43. The average molecular weight is 273 g/mol. The Hall–Kier alpha value is -2.39. The summed E-state index contributed by atoms with van der Waals surface area (Å²) in [5.41, 5.74) is 1.42. The summed E-state index contributed by atoms with van der Waals surface area (Å²) >= 11 is 0. The molecule has 0 saturated heterocycles. The molecular formula is C13H11N3O2S. The van der Waals surface area contributed by atoms with Crippen molar-refractivity contribution in [2.45, 2.75) is 0 Å². The summed E-state index contributed by atoms with van der Waals surface area (Å²) < 4.78 is 24.3. The molecule has 0 unspecified atom stereocenters. The number of nitriles is 1. The average Bonchev–Trinajstić information content (AvgIpc) is 2.84. The summed E-state index contributed by atoms with van der Waals surface area (Å²) in [5.74, 6) is 0. The molecule has 96 valence electrons. The lowest BCUT2D eigenvalue weighted by molar-refractivity contribution is 0.609. The van der Waals surface area contributed by atoms with E-state index in [1.54, 1.807) is 16.9 Å². The molecule has 6 heteroatoms. The first-order valence-corrected chi connectivity index (χ1v) is 7.32. The molecule has 0 aliphatic carbocycles. The van der Waals surface area contributed by atoms with Crippen LogP contribution in [0.2, 0.25) is 0 Å². The molecule has 0 fully saturated rings. The number of allylic oxidation sites excluding steroid dienone is 1. The minimum absolute atomic E-state index is 0.278. The van der Waals surface area contributed by atoms with Crippen LogP contribution in [0.15, 0.2) is 47.6 Å². The Bertz CT molecular complexity index is 753. The molecular weight excluding hydrogens is 262 g/mol. The topological polar surface area (TPSA) is 75.8 Å². The van der Waals surface area contributed by atoms with Gasteiger partial charge in [0.1, 0.15) is 11.0 Å². The second-order valence-corrected chi connectivity index (χ2v) is 5.93. The van der Waals surface area contributed by atoms with Crippen molar-refractivity contribution in [2.75, 3.05) is 6.26 Å². The van der Waals surface area contributed by atoms with Gasteiger partial charge in [-0.2, -0.15) is 10.4 Å². The van der Waals surface area contributed by atoms with Gasteiger partial charge in [-0.3, -0.25) is 0 Å². The molecule has 0 aliphatic heterocycles. The quantitative estimate of drug-likeness (QED) is 0.799. The molecule has 1 aromatic heterocycles. The van der Waals surface area contributed by atoms with Gasteiger partial charge in [-0.25, -0.2) is 13.1 Å². The third-order valence-corrected chi connectivity index (χ3v) is 3.44. The first-order chi connectivity index (χ1) is 9.00. The lowest BCUT2D eigenvalue weighted by Crippen LogP contribution is -1.98. The van der Waals surface area contributed by atoms with Gasteiger partial charge in [-0.15, -0.1) is 0 Å². The minimum Gasteiger partial charge on any atom is -0.240 e. The molecule has 0 aliphatic rings. The van der Waals surface area contributed by atoms with Crippen LogP contribution in [-0.2, 0) is 9.84 Å². The van der Waals surface area contributed by atoms with Crippen LogP contribution in [0, 0.1) is 11.3 Å². The summed E-state index contributed by atoms with van der Waals surface area (Å²) in [6, 6.07) is 11.1. The molecule has 0 spiro atoms. The Morgan fingerprint density at radius 1 is 1.37 bits per heavy atom. The molecule has 1 heterocycles. The van der Waals surface area contributed by atoms with Gasteiger partial charge >= 0.3 is 0 Å². The van der Waals surface area contributed by atoms with Crippen molar-refractivity contribution in [3.05, 3.63) is 53.2 Å². The number of hydrogen-bond donors (Lipinski definition) is 0. The molecule has 1 aromatic carbocycles. The van der Waals surface area contributed by atoms with Gasteiger partial charge in [0.25, 0.3) is 0 Å². The zero-order valence-electron chi connectivity index (χ0n) is 10.2. The second kappa shape index (κ2) is 5.08. The van der Waals surface area contributed by atoms with Gasteiger partial charge in [-0.1, -0.05) is 18.2 Å². The largest absolute Gasteiger partial charge is 0.240 e. The Morgan fingerprint density at radius 2 is 2.05 bits per heavy atom. The van der Waals surface area contributed by atoms with Gasteiger partial charge in [-0.05, 0) is 18.2 Å². The van der Waals surface area contributed by atoms with E-state index in [2.05, 4.69) is 5.10 Å². The summed E-state index contributed by atoms with van der Waals surface area (Å²) in [6.45, 7) is 0. The van der Waals surface area contributed by atoms with Crippen LogP contribution >= 0.6 is 0 Å². The highest BCUT2D eigenvalue weighted by Crippen LogP contribution is 2.13. The fraction of sp³-hybridized carbons (Fsp3) is 0.0769. The zero-order chi connectivity index (χ0) is 13.9. The van der Waals surface area contributed by atoms with Crippen LogP contribution in [0.4, 0.5) is 0 Å². The summed E-state index contributed by atoms with van der Waals surface area (Å²) in [5, 5.41) is 12.9. The maximum Gasteiger partial charge on any atom is 0.185 e. The second-order valence-electron chi connectivity index (χ2n) is 3.95. The van der Waals surface area contributed by atoms with Gasteiger partial charge in [0.2, 0.25) is 0 Å². The lowest BCUT2D eigenvalue weighted by Gasteiger charge is -1.98. The van der Waals surface area contributed by atoms with E-state index in [1.807, 2.05) is 30.3 Å². The van der Waals surface area contributed by atoms with Crippen LogP contribution in [0.3, 0.4) is 0 Å². The lowest BCUT2D eigenvalue weighted by atomic mass is 10.3. The highest BCUT2D eigenvalue weighted by molar-refractivity contribution is 7.95. The number of benzene rings is 1. The SMILES string of the molecule is CS(=O)(=O)C(C#N)=Cc1cnn(-c2ccccc2)c1. The van der Waals surface area contributed by atoms with E-state index < -0.39 is 9.84 Å². The predicted octanol–water partition coefficient (Wildman–Crippen LogP) is 1.78. The highest BCUT2D eigenvalue weighted by Gasteiger charge is 2.11. The summed E-state index contributed by atoms with van der Waals surface area (Å²) in [4.78, 5) is -0.278. The number of sulfone groups is 1. The fourth-order valence-corrected chi connectivity index (χ4v) is 2.02. The van der Waals surface area contributed by atoms with Crippen molar-refractivity contribution in [3.8, 4) is 11.8 Å². The molecule has 0 N–H and O–H groups in total. The van der Waals surface area contributed by atoms with Crippen molar-refractivity contribution < 1.29 is 8.42 Å². The number of hydrogen-bond acceptors (Lipinski definition) is 4.